The lowest BCUT2D eigenvalue weighted by molar-refractivity contribution is -0.156. The maximum atomic E-state index is 12.5. The summed E-state index contributed by atoms with van der Waals surface area (Å²) in [6.07, 6.45) is 0.741. The first-order valence-electron chi connectivity index (χ1n) is 15.5. The molecular formula is C37H51NO5Si. The van der Waals surface area contributed by atoms with Crippen LogP contribution in [-0.2, 0) is 43.3 Å². The van der Waals surface area contributed by atoms with Gasteiger partial charge >= 0.3 is 0 Å². The molecule has 0 saturated carbocycles. The topological polar surface area (TPSA) is 66.0 Å². The Hall–Kier alpha value is -3.07. The number of amides is 1. The normalized spacial score (nSPS) is 14.8. The molecule has 6 nitrogen and oxygen atoms in total. The van der Waals surface area contributed by atoms with E-state index in [1.54, 1.807) is 0 Å². The van der Waals surface area contributed by atoms with Crippen LogP contribution in [0.1, 0.15) is 50.8 Å². The van der Waals surface area contributed by atoms with Crippen molar-refractivity contribution in [2.24, 2.45) is 0 Å². The van der Waals surface area contributed by atoms with E-state index in [-0.39, 0.29) is 23.6 Å². The Morgan fingerprint density at radius 1 is 0.795 bits per heavy atom. The molecule has 0 aliphatic carbocycles. The average Bonchev–Trinajstić information content (AvgIpc) is 2.99. The maximum Gasteiger partial charge on any atom is 0.217 e. The minimum Gasteiger partial charge on any atom is -0.409 e. The molecule has 0 saturated heterocycles. The van der Waals surface area contributed by atoms with Gasteiger partial charge in [-0.2, -0.15) is 0 Å². The van der Waals surface area contributed by atoms with Gasteiger partial charge in [0.2, 0.25) is 5.91 Å². The van der Waals surface area contributed by atoms with E-state index in [2.05, 4.69) is 45.8 Å². The zero-order valence-electron chi connectivity index (χ0n) is 27.3. The largest absolute Gasteiger partial charge is 0.409 e. The highest BCUT2D eigenvalue weighted by molar-refractivity contribution is 6.74. The summed E-state index contributed by atoms with van der Waals surface area (Å²) in [5.41, 5.74) is 3.16. The highest BCUT2D eigenvalue weighted by atomic mass is 28.4. The summed E-state index contributed by atoms with van der Waals surface area (Å²) in [5.74, 6) is -0.135. The molecule has 3 aromatic carbocycles. The van der Waals surface area contributed by atoms with Crippen LogP contribution in [-0.4, -0.2) is 45.2 Å². The van der Waals surface area contributed by atoms with Gasteiger partial charge in [-0.05, 0) is 41.2 Å². The second-order valence-corrected chi connectivity index (χ2v) is 17.5. The molecule has 0 aliphatic heterocycles. The third-order valence-electron chi connectivity index (χ3n) is 8.12. The smallest absolute Gasteiger partial charge is 0.217 e. The fourth-order valence-electron chi connectivity index (χ4n) is 4.67. The molecule has 0 bridgehead atoms. The predicted octanol–water partition coefficient (Wildman–Crippen LogP) is 7.85. The monoisotopic (exact) mass is 617 g/mol. The predicted molar refractivity (Wildman–Crippen MR) is 181 cm³/mol. The first kappa shape index (κ1) is 35.4. The maximum absolute atomic E-state index is 12.5. The fourth-order valence-corrected chi connectivity index (χ4v) is 6.01. The Morgan fingerprint density at radius 2 is 1.27 bits per heavy atom. The highest BCUT2D eigenvalue weighted by Gasteiger charge is 2.45. The molecule has 0 heterocycles. The summed E-state index contributed by atoms with van der Waals surface area (Å²) < 4.78 is 27.0. The van der Waals surface area contributed by atoms with Gasteiger partial charge in [-0.1, -0.05) is 118 Å². The minimum absolute atomic E-state index is 0.0750. The molecule has 238 valence electrons. The van der Waals surface area contributed by atoms with Crippen molar-refractivity contribution in [3.8, 4) is 0 Å². The Kier molecular flexibility index (Phi) is 14.0. The summed E-state index contributed by atoms with van der Waals surface area (Å²) in [5, 5.41) is 3.08. The van der Waals surface area contributed by atoms with E-state index in [1.165, 1.54) is 6.92 Å². The van der Waals surface area contributed by atoms with Gasteiger partial charge in [-0.3, -0.25) is 4.79 Å². The molecule has 0 aliphatic rings. The number of hydrogen-bond donors (Lipinski definition) is 1. The van der Waals surface area contributed by atoms with Gasteiger partial charge in [-0.15, -0.1) is 6.58 Å². The molecule has 44 heavy (non-hydrogen) atoms. The molecule has 1 amide bonds. The lowest BCUT2D eigenvalue weighted by Crippen LogP contribution is -2.59. The van der Waals surface area contributed by atoms with Crippen LogP contribution < -0.4 is 5.32 Å². The number of carbonyl (C=O) groups is 1. The van der Waals surface area contributed by atoms with Gasteiger partial charge in [0.15, 0.2) is 8.32 Å². The van der Waals surface area contributed by atoms with Gasteiger partial charge in [0.25, 0.3) is 0 Å². The minimum atomic E-state index is -2.36. The van der Waals surface area contributed by atoms with Crippen LogP contribution in [0.4, 0.5) is 0 Å². The van der Waals surface area contributed by atoms with E-state index in [9.17, 15) is 4.79 Å². The average molecular weight is 618 g/mol. The fraction of sp³-hybridized carbons (Fsp3) is 0.432. The summed E-state index contributed by atoms with van der Waals surface area (Å²) in [6, 6.07) is 29.9. The van der Waals surface area contributed by atoms with E-state index in [4.69, 9.17) is 18.6 Å². The molecule has 3 rings (SSSR count). The first-order chi connectivity index (χ1) is 21.0. The third kappa shape index (κ3) is 11.5. The van der Waals surface area contributed by atoms with Crippen LogP contribution in [0.5, 0.6) is 0 Å². The van der Waals surface area contributed by atoms with E-state index in [1.807, 2.05) is 97.1 Å². The standard InChI is InChI=1S/C37H51NO5Si/c1-8-18-33(38-29(2)39)35(43-44(6,7)37(3,4)5)36(42-27-32-23-16-11-17-24-32)34(41-26-31-21-14-10-15-22-31)28-40-25-30-19-12-9-13-20-30/h8-17,19-24,33-36H,1,18,25-28H2,2-7H3,(H,38,39). The van der Waals surface area contributed by atoms with Crippen molar-refractivity contribution < 1.29 is 23.4 Å². The number of rotatable bonds is 18. The number of hydrogen-bond acceptors (Lipinski definition) is 5. The van der Waals surface area contributed by atoms with Gasteiger partial charge in [0.1, 0.15) is 12.2 Å². The molecule has 0 radical (unpaired) electrons. The van der Waals surface area contributed by atoms with E-state index in [0.29, 0.717) is 26.2 Å². The lowest BCUT2D eigenvalue weighted by atomic mass is 9.97. The second-order valence-electron chi connectivity index (χ2n) is 12.8. The van der Waals surface area contributed by atoms with Crippen molar-refractivity contribution in [3.05, 3.63) is 120 Å². The summed E-state index contributed by atoms with van der Waals surface area (Å²) in [6.45, 7) is 18.1. The Morgan fingerprint density at radius 3 is 1.73 bits per heavy atom. The van der Waals surface area contributed by atoms with Crippen LogP contribution >= 0.6 is 0 Å². The number of ether oxygens (including phenoxy) is 3. The van der Waals surface area contributed by atoms with Crippen molar-refractivity contribution in [1.82, 2.24) is 5.32 Å². The number of nitrogens with one attached hydrogen (secondary N) is 1. The van der Waals surface area contributed by atoms with Crippen LogP contribution in [0.25, 0.3) is 0 Å². The van der Waals surface area contributed by atoms with E-state index in [0.717, 1.165) is 16.7 Å². The molecule has 7 heteroatoms. The van der Waals surface area contributed by atoms with Crippen molar-refractivity contribution in [1.29, 1.82) is 0 Å². The first-order valence-corrected chi connectivity index (χ1v) is 18.4. The van der Waals surface area contributed by atoms with Gasteiger partial charge in [0.05, 0.1) is 38.6 Å². The molecule has 1 N–H and O–H groups in total. The van der Waals surface area contributed by atoms with Gasteiger partial charge in [0, 0.05) is 6.92 Å². The molecule has 3 aromatic rings. The van der Waals surface area contributed by atoms with Crippen molar-refractivity contribution >= 4 is 14.2 Å². The molecule has 0 aromatic heterocycles. The summed E-state index contributed by atoms with van der Waals surface area (Å²) in [4.78, 5) is 12.5. The van der Waals surface area contributed by atoms with Gasteiger partial charge in [-0.25, -0.2) is 0 Å². The quantitative estimate of drug-likeness (QED) is 0.116. The Bertz CT molecular complexity index is 1250. The Balaban J connectivity index is 2.04. The van der Waals surface area contributed by atoms with Crippen molar-refractivity contribution in [2.45, 2.75) is 96.4 Å². The SMILES string of the molecule is C=CCC(NC(C)=O)C(O[Si](C)(C)C(C)(C)C)C(OCc1ccccc1)C(COCc1ccccc1)OCc1ccccc1. The third-order valence-corrected chi connectivity index (χ3v) is 12.6. The van der Waals surface area contributed by atoms with Crippen LogP contribution in [0.3, 0.4) is 0 Å². The van der Waals surface area contributed by atoms with Crippen LogP contribution in [0.15, 0.2) is 104 Å². The summed E-state index contributed by atoms with van der Waals surface area (Å²) >= 11 is 0. The number of carbonyl (C=O) groups excluding carboxylic acids is 1. The zero-order valence-corrected chi connectivity index (χ0v) is 28.3. The molecule has 0 spiro atoms. The lowest BCUT2D eigenvalue weighted by Gasteiger charge is -2.45. The van der Waals surface area contributed by atoms with E-state index >= 15 is 0 Å². The Labute approximate surface area is 265 Å². The molecule has 0 fully saturated rings. The number of benzene rings is 3. The molecule has 4 unspecified atom stereocenters. The molecule has 4 atom stereocenters. The van der Waals surface area contributed by atoms with Crippen molar-refractivity contribution in [2.75, 3.05) is 6.61 Å². The van der Waals surface area contributed by atoms with Crippen LogP contribution in [0, 0.1) is 0 Å². The van der Waals surface area contributed by atoms with Crippen LogP contribution in [0.2, 0.25) is 18.1 Å². The highest BCUT2D eigenvalue weighted by Crippen LogP contribution is 2.39. The van der Waals surface area contributed by atoms with Gasteiger partial charge < -0.3 is 24.0 Å². The van der Waals surface area contributed by atoms with E-state index < -0.39 is 26.6 Å². The second kappa shape index (κ2) is 17.4. The summed E-state index contributed by atoms with van der Waals surface area (Å²) in [7, 11) is -2.36. The van der Waals surface area contributed by atoms with Crippen molar-refractivity contribution in [3.63, 3.8) is 0 Å². The zero-order chi connectivity index (χ0) is 32.0. The molecular weight excluding hydrogens is 566 g/mol.